The quantitative estimate of drug-likeness (QED) is 0.517. The first-order chi connectivity index (χ1) is 4.04. The maximum atomic E-state index is 10.6. The fourth-order valence-corrected chi connectivity index (χ4v) is 1.61. The molecule has 4 heteroatoms. The normalized spacial score (nSPS) is 12.8. The summed E-state index contributed by atoms with van der Waals surface area (Å²) in [4.78, 5) is 10.6. The number of Topliss-reactive ketones (excluding diaryl/α,β-unsaturated/α-hetero) is 1. The number of carbonyl (C=O) groups excluding carboxylic acids is 1. The minimum Gasteiger partial charge on any atom is -0.299 e. The Kier molecular flexibility index (Phi) is 4.52. The van der Waals surface area contributed by atoms with Crippen molar-refractivity contribution in [2.24, 2.45) is 0 Å². The Labute approximate surface area is 70.0 Å². The van der Waals surface area contributed by atoms with Gasteiger partial charge in [-0.15, -0.1) is 12.6 Å². The molecule has 0 fully saturated rings. The number of hydrogen-bond donors (Lipinski definition) is 1. The lowest BCUT2D eigenvalue weighted by Gasteiger charge is -2.02. The van der Waals surface area contributed by atoms with E-state index in [1.807, 2.05) is 6.92 Å². The first-order valence-corrected chi connectivity index (χ1v) is 4.17. The lowest BCUT2D eigenvalue weighted by Crippen LogP contribution is -2.08. The summed E-state index contributed by atoms with van der Waals surface area (Å²) in [7, 11) is 0. The van der Waals surface area contributed by atoms with E-state index in [0.717, 1.165) is 0 Å². The molecule has 1 unspecified atom stereocenters. The van der Waals surface area contributed by atoms with Gasteiger partial charge >= 0.3 is 0 Å². The van der Waals surface area contributed by atoms with Crippen molar-refractivity contribution in [1.82, 2.24) is 0 Å². The highest BCUT2D eigenvalue weighted by molar-refractivity contribution is 8.42. The van der Waals surface area contributed by atoms with Gasteiger partial charge in [0, 0.05) is 0 Å². The molecule has 0 aliphatic rings. The lowest BCUT2D eigenvalue weighted by atomic mass is 10.3. The molecule has 0 bridgehead atoms. The number of thioether (sulfide) groups is 1. The number of thiocarbonyl (C=S) groups is 1. The molecular weight excluding hydrogens is 172 g/mol. The SMILES string of the molecule is CC(=O)C(C)SC(=S)S. The molecule has 0 heterocycles. The highest BCUT2D eigenvalue weighted by Crippen LogP contribution is 2.15. The van der Waals surface area contributed by atoms with Gasteiger partial charge in [0.15, 0.2) is 0 Å². The molecule has 0 aromatic rings. The molecule has 0 saturated heterocycles. The maximum Gasteiger partial charge on any atom is 0.142 e. The van der Waals surface area contributed by atoms with Gasteiger partial charge in [-0.3, -0.25) is 4.79 Å². The van der Waals surface area contributed by atoms with Crippen LogP contribution in [0.2, 0.25) is 0 Å². The molecule has 0 spiro atoms. The third kappa shape index (κ3) is 4.93. The second-order valence-electron chi connectivity index (χ2n) is 1.64. The van der Waals surface area contributed by atoms with Crippen molar-refractivity contribution in [2.75, 3.05) is 0 Å². The minimum absolute atomic E-state index is 0.0463. The standard InChI is InChI=1S/C5H8OS3/c1-3(6)4(2)9-5(7)8/h4H,1-2H3,(H,7,8). The summed E-state index contributed by atoms with van der Waals surface area (Å²) < 4.78 is 0.526. The molecular formula is C5H8OS3. The first-order valence-electron chi connectivity index (χ1n) is 2.44. The van der Waals surface area contributed by atoms with E-state index in [9.17, 15) is 4.79 Å². The Morgan fingerprint density at radius 3 is 2.33 bits per heavy atom. The topological polar surface area (TPSA) is 17.1 Å². The summed E-state index contributed by atoms with van der Waals surface area (Å²) >= 11 is 9.85. The monoisotopic (exact) mass is 180 g/mol. The molecule has 0 aliphatic carbocycles. The van der Waals surface area contributed by atoms with Gasteiger partial charge in [-0.05, 0) is 13.8 Å². The summed E-state index contributed by atoms with van der Waals surface area (Å²) in [5.41, 5.74) is 0. The summed E-state index contributed by atoms with van der Waals surface area (Å²) in [5, 5.41) is -0.0463. The van der Waals surface area contributed by atoms with Gasteiger partial charge in [-0.2, -0.15) is 0 Å². The van der Waals surface area contributed by atoms with Crippen LogP contribution < -0.4 is 0 Å². The van der Waals surface area contributed by atoms with Crippen LogP contribution in [0.4, 0.5) is 0 Å². The Hall–Kier alpha value is 0.460. The third-order valence-electron chi connectivity index (χ3n) is 0.850. The Morgan fingerprint density at radius 2 is 2.22 bits per heavy atom. The number of ketones is 1. The van der Waals surface area contributed by atoms with Gasteiger partial charge in [-0.1, -0.05) is 24.0 Å². The van der Waals surface area contributed by atoms with Crippen LogP contribution in [-0.4, -0.2) is 14.6 Å². The van der Waals surface area contributed by atoms with Crippen LogP contribution in [0.3, 0.4) is 0 Å². The molecule has 0 radical (unpaired) electrons. The van der Waals surface area contributed by atoms with Crippen LogP contribution in [0.1, 0.15) is 13.8 Å². The van der Waals surface area contributed by atoms with Gasteiger partial charge in [0.25, 0.3) is 0 Å². The molecule has 0 rings (SSSR count). The smallest absolute Gasteiger partial charge is 0.142 e. The van der Waals surface area contributed by atoms with Crippen LogP contribution in [0.5, 0.6) is 0 Å². The molecule has 0 aromatic carbocycles. The van der Waals surface area contributed by atoms with Crippen molar-refractivity contribution in [3.05, 3.63) is 0 Å². The van der Waals surface area contributed by atoms with E-state index in [0.29, 0.717) is 3.53 Å². The van der Waals surface area contributed by atoms with Crippen LogP contribution in [0.25, 0.3) is 0 Å². The number of hydrogen-bond acceptors (Lipinski definition) is 3. The van der Waals surface area contributed by atoms with E-state index in [4.69, 9.17) is 0 Å². The van der Waals surface area contributed by atoms with Crippen LogP contribution >= 0.6 is 36.6 Å². The summed E-state index contributed by atoms with van der Waals surface area (Å²) in [6.07, 6.45) is 0. The predicted octanol–water partition coefficient (Wildman–Crippen LogP) is 1.91. The average molecular weight is 180 g/mol. The van der Waals surface area contributed by atoms with E-state index < -0.39 is 0 Å². The summed E-state index contributed by atoms with van der Waals surface area (Å²) in [5.74, 6) is 0.136. The molecule has 1 atom stereocenters. The van der Waals surface area contributed by atoms with Crippen molar-refractivity contribution in [2.45, 2.75) is 19.1 Å². The molecule has 0 aromatic heterocycles. The summed E-state index contributed by atoms with van der Waals surface area (Å²) in [6.45, 7) is 3.36. The fraction of sp³-hybridized carbons (Fsp3) is 0.600. The van der Waals surface area contributed by atoms with E-state index >= 15 is 0 Å². The van der Waals surface area contributed by atoms with E-state index in [2.05, 4.69) is 24.8 Å². The second kappa shape index (κ2) is 4.30. The van der Waals surface area contributed by atoms with E-state index in [-0.39, 0.29) is 11.0 Å². The van der Waals surface area contributed by atoms with Crippen LogP contribution in [0, 0.1) is 0 Å². The van der Waals surface area contributed by atoms with Gasteiger partial charge in [0.1, 0.15) is 9.31 Å². The van der Waals surface area contributed by atoms with Crippen molar-refractivity contribution in [1.29, 1.82) is 0 Å². The Morgan fingerprint density at radius 1 is 1.78 bits per heavy atom. The zero-order valence-electron chi connectivity index (χ0n) is 5.25. The molecule has 52 valence electrons. The lowest BCUT2D eigenvalue weighted by molar-refractivity contribution is -0.116. The molecule has 0 saturated carbocycles. The largest absolute Gasteiger partial charge is 0.299 e. The fourth-order valence-electron chi connectivity index (χ4n) is 0.234. The van der Waals surface area contributed by atoms with Crippen LogP contribution in [0.15, 0.2) is 0 Å². The van der Waals surface area contributed by atoms with Gasteiger partial charge < -0.3 is 0 Å². The molecule has 9 heavy (non-hydrogen) atoms. The van der Waals surface area contributed by atoms with Gasteiger partial charge in [-0.25, -0.2) is 0 Å². The zero-order valence-corrected chi connectivity index (χ0v) is 7.78. The molecule has 0 amide bonds. The second-order valence-corrected chi connectivity index (χ2v) is 4.71. The number of rotatable bonds is 2. The average Bonchev–Trinajstić information content (AvgIpc) is 1.63. The predicted molar refractivity (Wildman–Crippen MR) is 49.3 cm³/mol. The van der Waals surface area contributed by atoms with Crippen molar-refractivity contribution in [3.63, 3.8) is 0 Å². The highest BCUT2D eigenvalue weighted by atomic mass is 32.2. The maximum absolute atomic E-state index is 10.6. The minimum atomic E-state index is -0.0463. The zero-order chi connectivity index (χ0) is 7.44. The highest BCUT2D eigenvalue weighted by Gasteiger charge is 2.07. The van der Waals surface area contributed by atoms with Gasteiger partial charge in [0.05, 0.1) is 5.25 Å². The van der Waals surface area contributed by atoms with Gasteiger partial charge in [0.2, 0.25) is 0 Å². The van der Waals surface area contributed by atoms with Crippen molar-refractivity contribution < 1.29 is 4.79 Å². The third-order valence-corrected chi connectivity index (χ3v) is 2.34. The number of carbonyl (C=O) groups is 1. The first kappa shape index (κ1) is 9.46. The molecule has 0 aliphatic heterocycles. The summed E-state index contributed by atoms with van der Waals surface area (Å²) in [6, 6.07) is 0. The molecule has 1 nitrogen and oxygen atoms in total. The van der Waals surface area contributed by atoms with Crippen LogP contribution in [-0.2, 0) is 4.79 Å². The van der Waals surface area contributed by atoms with Crippen molar-refractivity contribution in [3.8, 4) is 0 Å². The Balaban J connectivity index is 3.63. The molecule has 0 N–H and O–H groups in total. The van der Waals surface area contributed by atoms with Crippen molar-refractivity contribution >= 4 is 45.9 Å². The Bertz CT molecular complexity index is 132. The number of thiol groups is 1. The van der Waals surface area contributed by atoms with E-state index in [1.54, 1.807) is 6.92 Å². The van der Waals surface area contributed by atoms with E-state index in [1.165, 1.54) is 11.8 Å².